The highest BCUT2D eigenvalue weighted by Crippen LogP contribution is 2.63. The largest absolute Gasteiger partial charge is 0.396 e. The minimum Gasteiger partial charge on any atom is -0.396 e. The molecule has 7 atom stereocenters. The Kier molecular flexibility index (Phi) is 4.95. The zero-order valence-corrected chi connectivity index (χ0v) is 18.0. The van der Waals surface area contributed by atoms with Crippen LogP contribution in [0, 0.1) is 40.4 Å². The fourth-order valence-electron chi connectivity index (χ4n) is 7.45. The Labute approximate surface area is 165 Å². The maximum atomic E-state index is 10.3. The number of rotatable bonds is 4. The van der Waals surface area contributed by atoms with Crippen LogP contribution in [0.25, 0.3) is 0 Å². The minimum absolute atomic E-state index is 0.166. The first-order valence-corrected chi connectivity index (χ1v) is 11.1. The highest BCUT2D eigenvalue weighted by molar-refractivity contribution is 5.25. The fourth-order valence-corrected chi connectivity index (χ4v) is 7.45. The summed E-state index contributed by atoms with van der Waals surface area (Å²) < 4.78 is 0. The van der Waals surface area contributed by atoms with Crippen LogP contribution in [0.3, 0.4) is 0 Å². The molecule has 152 valence electrons. The third-order valence-corrected chi connectivity index (χ3v) is 9.32. The van der Waals surface area contributed by atoms with Crippen molar-refractivity contribution in [1.29, 1.82) is 0 Å². The van der Waals surface area contributed by atoms with E-state index < -0.39 is 0 Å². The maximum Gasteiger partial charge on any atom is 0.0522 e. The number of H-pyrrole nitrogens is 1. The quantitative estimate of drug-likeness (QED) is 0.845. The molecular weight excluding hydrogens is 334 g/mol. The molecule has 0 unspecified atom stereocenters. The number of aliphatic hydroxyl groups is 1. The van der Waals surface area contributed by atoms with Gasteiger partial charge in [-0.25, -0.2) is 0 Å². The maximum absolute atomic E-state index is 10.3. The van der Waals surface area contributed by atoms with Gasteiger partial charge in [0.1, 0.15) is 0 Å². The molecule has 0 radical (unpaired) electrons. The van der Waals surface area contributed by atoms with Crippen LogP contribution in [0.5, 0.6) is 0 Å². The lowest BCUT2D eigenvalue weighted by Gasteiger charge is -2.57. The molecule has 1 aromatic rings. The van der Waals surface area contributed by atoms with Gasteiger partial charge >= 0.3 is 0 Å². The minimum atomic E-state index is 0.166. The Hall–Kier alpha value is -0.870. The van der Waals surface area contributed by atoms with E-state index in [4.69, 9.17) is 0 Å². The lowest BCUT2D eigenvalue weighted by molar-refractivity contribution is -0.0782. The average Bonchev–Trinajstić information content (AvgIpc) is 3.17. The molecule has 1 heterocycles. The normalized spacial score (nSPS) is 44.3. The molecule has 27 heavy (non-hydrogen) atoms. The Bertz CT molecular complexity index is 670. The second-order valence-corrected chi connectivity index (χ2v) is 10.8. The van der Waals surface area contributed by atoms with E-state index in [-0.39, 0.29) is 5.41 Å². The van der Waals surface area contributed by atoms with Gasteiger partial charge in [0.2, 0.25) is 0 Å². The summed E-state index contributed by atoms with van der Waals surface area (Å²) in [5, 5.41) is 17.8. The van der Waals surface area contributed by atoms with E-state index in [2.05, 4.69) is 50.0 Å². The van der Waals surface area contributed by atoms with Crippen molar-refractivity contribution in [2.24, 2.45) is 40.4 Å². The van der Waals surface area contributed by atoms with E-state index in [1.54, 1.807) is 0 Å². The molecule has 4 rings (SSSR count). The number of fused-ring (bicyclic) bond motifs is 2. The molecule has 0 amide bonds. The van der Waals surface area contributed by atoms with E-state index in [0.29, 0.717) is 23.9 Å². The Morgan fingerprint density at radius 3 is 2.63 bits per heavy atom. The summed E-state index contributed by atoms with van der Waals surface area (Å²) in [5.74, 6) is 3.43. The van der Waals surface area contributed by atoms with E-state index in [9.17, 15) is 5.11 Å². The van der Waals surface area contributed by atoms with E-state index in [1.165, 1.54) is 43.5 Å². The molecule has 3 aliphatic carbocycles. The summed E-state index contributed by atoms with van der Waals surface area (Å²) in [6, 6.07) is 0. The van der Waals surface area contributed by atoms with Crippen molar-refractivity contribution < 1.29 is 5.11 Å². The summed E-state index contributed by atoms with van der Waals surface area (Å²) in [7, 11) is 4.48. The standard InChI is InChI=1S/C23H39N3O/c1-15-6-7-19-18(13-26(4)5)20(8-9-22(15,19)2)23(3)11-16-12-24-25-21(16)10-17(23)14-27/h12,15,17-20,27H,6-11,13-14H2,1-5H3,(H,24,25)/t15-,17+,18-,19-,20-,22+,23-/m0/s1. The van der Waals surface area contributed by atoms with Gasteiger partial charge < -0.3 is 10.0 Å². The summed E-state index contributed by atoms with van der Waals surface area (Å²) in [6.07, 6.45) is 9.51. The number of hydrogen-bond donors (Lipinski definition) is 2. The van der Waals surface area contributed by atoms with Crippen LogP contribution in [0.1, 0.15) is 57.7 Å². The molecule has 2 N–H and O–H groups in total. The number of hydrogen-bond acceptors (Lipinski definition) is 3. The second kappa shape index (κ2) is 6.88. The van der Waals surface area contributed by atoms with Crippen molar-refractivity contribution in [2.45, 2.75) is 59.3 Å². The summed E-state index contributed by atoms with van der Waals surface area (Å²) >= 11 is 0. The fraction of sp³-hybridized carbons (Fsp3) is 0.870. The second-order valence-electron chi connectivity index (χ2n) is 10.8. The molecule has 2 saturated carbocycles. The first kappa shape index (κ1) is 19.4. The van der Waals surface area contributed by atoms with Crippen molar-refractivity contribution in [1.82, 2.24) is 15.1 Å². The SMILES string of the molecule is C[C@H]1CC[C@H]2[C@H](CN(C)C)[C@@H]([C@@]3(C)Cc4cn[nH]c4C[C@@H]3CO)CC[C@]12C. The van der Waals surface area contributed by atoms with Crippen LogP contribution in [-0.4, -0.2) is 47.5 Å². The van der Waals surface area contributed by atoms with Gasteiger partial charge in [0.05, 0.1) is 6.20 Å². The zero-order chi connectivity index (χ0) is 19.4. The van der Waals surface area contributed by atoms with Crippen LogP contribution in [-0.2, 0) is 12.8 Å². The van der Waals surface area contributed by atoms with E-state index in [0.717, 1.165) is 30.6 Å². The van der Waals surface area contributed by atoms with Crippen molar-refractivity contribution in [2.75, 3.05) is 27.2 Å². The lowest BCUT2D eigenvalue weighted by atomic mass is 9.49. The lowest BCUT2D eigenvalue weighted by Crippen LogP contribution is -2.53. The summed E-state index contributed by atoms with van der Waals surface area (Å²) in [4.78, 5) is 2.41. The Morgan fingerprint density at radius 1 is 1.19 bits per heavy atom. The molecule has 2 fully saturated rings. The smallest absolute Gasteiger partial charge is 0.0522 e. The van der Waals surface area contributed by atoms with Crippen molar-refractivity contribution in [3.05, 3.63) is 17.5 Å². The van der Waals surface area contributed by atoms with Crippen LogP contribution in [0.2, 0.25) is 0 Å². The monoisotopic (exact) mass is 373 g/mol. The van der Waals surface area contributed by atoms with Crippen LogP contribution in [0.15, 0.2) is 6.20 Å². The third kappa shape index (κ3) is 2.98. The molecule has 3 aliphatic rings. The number of aliphatic hydroxyl groups excluding tert-OH is 1. The molecule has 4 heteroatoms. The van der Waals surface area contributed by atoms with Crippen LogP contribution in [0.4, 0.5) is 0 Å². The summed E-state index contributed by atoms with van der Waals surface area (Å²) in [5.41, 5.74) is 3.32. The number of aromatic nitrogens is 2. The third-order valence-electron chi connectivity index (χ3n) is 9.32. The summed E-state index contributed by atoms with van der Waals surface area (Å²) in [6.45, 7) is 9.03. The first-order chi connectivity index (χ1) is 12.8. The molecule has 0 aromatic carbocycles. The zero-order valence-electron chi connectivity index (χ0n) is 18.0. The first-order valence-electron chi connectivity index (χ1n) is 11.1. The van der Waals surface area contributed by atoms with E-state index in [1.807, 2.05) is 6.20 Å². The Morgan fingerprint density at radius 2 is 1.93 bits per heavy atom. The highest BCUT2D eigenvalue weighted by atomic mass is 16.3. The van der Waals surface area contributed by atoms with Gasteiger partial charge in [-0.05, 0) is 98.6 Å². The molecule has 0 aliphatic heterocycles. The van der Waals surface area contributed by atoms with Gasteiger partial charge in [-0.2, -0.15) is 5.10 Å². The molecular formula is C23H39N3O. The number of nitrogens with zero attached hydrogens (tertiary/aromatic N) is 2. The average molecular weight is 374 g/mol. The van der Waals surface area contributed by atoms with Gasteiger partial charge in [0.15, 0.2) is 0 Å². The molecule has 0 saturated heterocycles. The number of nitrogens with one attached hydrogen (secondary N) is 1. The van der Waals surface area contributed by atoms with E-state index >= 15 is 0 Å². The van der Waals surface area contributed by atoms with Gasteiger partial charge in [-0.1, -0.05) is 20.8 Å². The predicted molar refractivity (Wildman–Crippen MR) is 109 cm³/mol. The molecule has 4 nitrogen and oxygen atoms in total. The van der Waals surface area contributed by atoms with Gasteiger partial charge in [0, 0.05) is 18.8 Å². The van der Waals surface area contributed by atoms with Crippen molar-refractivity contribution >= 4 is 0 Å². The van der Waals surface area contributed by atoms with Crippen LogP contribution >= 0.6 is 0 Å². The molecule has 0 bridgehead atoms. The highest BCUT2D eigenvalue weighted by Gasteiger charge is 2.57. The van der Waals surface area contributed by atoms with Crippen molar-refractivity contribution in [3.8, 4) is 0 Å². The Balaban J connectivity index is 1.70. The molecule has 0 spiro atoms. The van der Waals surface area contributed by atoms with Crippen molar-refractivity contribution in [3.63, 3.8) is 0 Å². The number of aromatic amines is 1. The van der Waals surface area contributed by atoms with Gasteiger partial charge in [-0.15, -0.1) is 0 Å². The topological polar surface area (TPSA) is 52.2 Å². The molecule has 1 aromatic heterocycles. The predicted octanol–water partition coefficient (Wildman–Crippen LogP) is 3.76. The van der Waals surface area contributed by atoms with Gasteiger partial charge in [0.25, 0.3) is 0 Å². The van der Waals surface area contributed by atoms with Crippen LogP contribution < -0.4 is 0 Å². The van der Waals surface area contributed by atoms with Gasteiger partial charge in [-0.3, -0.25) is 5.10 Å².